The average molecular weight is 362 g/mol. The van der Waals surface area contributed by atoms with Crippen LogP contribution >= 0.6 is 0 Å². The summed E-state index contributed by atoms with van der Waals surface area (Å²) in [5, 5.41) is 3.10. The number of amides is 1. The molecule has 1 unspecified atom stereocenters. The Bertz CT molecular complexity index is 933. The van der Waals surface area contributed by atoms with Gasteiger partial charge in [0.2, 0.25) is 5.91 Å². The number of nitrogens with one attached hydrogen (secondary N) is 1. The molecule has 0 saturated carbocycles. The van der Waals surface area contributed by atoms with Crippen molar-refractivity contribution in [1.29, 1.82) is 0 Å². The largest absolute Gasteiger partial charge is 0.354 e. The van der Waals surface area contributed by atoms with Gasteiger partial charge in [0.15, 0.2) is 0 Å². The normalized spacial score (nSPS) is 15.4. The van der Waals surface area contributed by atoms with Crippen LogP contribution in [0.3, 0.4) is 0 Å². The third-order valence-electron chi connectivity index (χ3n) is 5.49. The molecule has 3 aromatic rings. The molecular formula is C22H26N4O. The number of para-hydroxylation sites is 2. The van der Waals surface area contributed by atoms with Gasteiger partial charge in [-0.1, -0.05) is 36.4 Å². The smallest absolute Gasteiger partial charge is 0.221 e. The van der Waals surface area contributed by atoms with Gasteiger partial charge in [0.1, 0.15) is 0 Å². The zero-order valence-electron chi connectivity index (χ0n) is 15.8. The number of carbonyl (C=O) groups is 1. The quantitative estimate of drug-likeness (QED) is 0.733. The highest BCUT2D eigenvalue weighted by molar-refractivity contribution is 5.77. The van der Waals surface area contributed by atoms with Crippen molar-refractivity contribution in [1.82, 2.24) is 19.8 Å². The lowest BCUT2D eigenvalue weighted by molar-refractivity contribution is -0.121. The van der Waals surface area contributed by atoms with E-state index in [1.54, 1.807) is 0 Å². The summed E-state index contributed by atoms with van der Waals surface area (Å²) in [5.41, 5.74) is 4.91. The van der Waals surface area contributed by atoms with Crippen molar-refractivity contribution in [2.45, 2.75) is 38.9 Å². The van der Waals surface area contributed by atoms with Crippen LogP contribution in [0.1, 0.15) is 24.5 Å². The van der Waals surface area contributed by atoms with Crippen LogP contribution in [0.25, 0.3) is 11.0 Å². The van der Waals surface area contributed by atoms with Crippen LogP contribution < -0.4 is 5.32 Å². The number of aryl methyl sites for hydroxylation is 1. The molecule has 2 heterocycles. The first-order valence-corrected chi connectivity index (χ1v) is 9.68. The number of benzene rings is 2. The van der Waals surface area contributed by atoms with Gasteiger partial charge in [-0.05, 0) is 36.6 Å². The second-order valence-corrected chi connectivity index (χ2v) is 7.32. The molecule has 1 aliphatic rings. The number of nitrogens with zero attached hydrogens (tertiary/aromatic N) is 3. The lowest BCUT2D eigenvalue weighted by Gasteiger charge is -2.33. The SMILES string of the molecule is CC(CNC(=O)CCn1cnc2ccccc21)N1CCc2ccccc2C1. The highest BCUT2D eigenvalue weighted by Gasteiger charge is 2.20. The summed E-state index contributed by atoms with van der Waals surface area (Å²) in [5.74, 6) is 0.0945. The Labute approximate surface area is 160 Å². The van der Waals surface area contributed by atoms with E-state index in [1.165, 1.54) is 11.1 Å². The van der Waals surface area contributed by atoms with Crippen molar-refractivity contribution in [2.24, 2.45) is 0 Å². The third-order valence-corrected chi connectivity index (χ3v) is 5.49. The first-order chi connectivity index (χ1) is 13.2. The number of aromatic nitrogens is 2. The molecule has 140 valence electrons. The predicted molar refractivity (Wildman–Crippen MR) is 107 cm³/mol. The summed E-state index contributed by atoms with van der Waals surface area (Å²) < 4.78 is 2.04. The molecule has 0 radical (unpaired) electrons. The van der Waals surface area contributed by atoms with Gasteiger partial charge in [-0.2, -0.15) is 0 Å². The third kappa shape index (κ3) is 4.03. The van der Waals surface area contributed by atoms with Crippen molar-refractivity contribution < 1.29 is 4.79 Å². The summed E-state index contributed by atoms with van der Waals surface area (Å²) in [4.78, 5) is 19.1. The van der Waals surface area contributed by atoms with E-state index in [1.807, 2.05) is 35.2 Å². The number of hydrogen-bond donors (Lipinski definition) is 1. The van der Waals surface area contributed by atoms with Crippen molar-refractivity contribution >= 4 is 16.9 Å². The molecule has 2 aromatic carbocycles. The highest BCUT2D eigenvalue weighted by Crippen LogP contribution is 2.20. The molecule has 1 amide bonds. The van der Waals surface area contributed by atoms with Crippen LogP contribution in [0.5, 0.6) is 0 Å². The first-order valence-electron chi connectivity index (χ1n) is 9.68. The Hall–Kier alpha value is -2.66. The molecule has 1 atom stereocenters. The zero-order valence-corrected chi connectivity index (χ0v) is 15.8. The van der Waals surface area contributed by atoms with Crippen molar-refractivity contribution in [3.8, 4) is 0 Å². The fourth-order valence-electron chi connectivity index (χ4n) is 3.78. The zero-order chi connectivity index (χ0) is 18.6. The summed E-state index contributed by atoms with van der Waals surface area (Å²) >= 11 is 0. The van der Waals surface area contributed by atoms with Crippen LogP contribution in [0, 0.1) is 0 Å². The summed E-state index contributed by atoms with van der Waals surface area (Å²) in [6.07, 6.45) is 3.36. The lowest BCUT2D eigenvalue weighted by Crippen LogP contribution is -2.44. The van der Waals surface area contributed by atoms with E-state index in [0.29, 0.717) is 25.6 Å². The molecule has 0 bridgehead atoms. The maximum atomic E-state index is 12.3. The van der Waals surface area contributed by atoms with Crippen LogP contribution in [0.2, 0.25) is 0 Å². The minimum absolute atomic E-state index is 0.0945. The number of hydrogen-bond acceptors (Lipinski definition) is 3. The van der Waals surface area contributed by atoms with Gasteiger partial charge in [0, 0.05) is 38.6 Å². The van der Waals surface area contributed by atoms with Crippen LogP contribution in [0.4, 0.5) is 0 Å². The fraction of sp³-hybridized carbons (Fsp3) is 0.364. The molecule has 5 nitrogen and oxygen atoms in total. The Morgan fingerprint density at radius 3 is 2.81 bits per heavy atom. The summed E-state index contributed by atoms with van der Waals surface area (Å²) in [6.45, 7) is 5.55. The van der Waals surface area contributed by atoms with Gasteiger partial charge in [-0.15, -0.1) is 0 Å². The van der Waals surface area contributed by atoms with Crippen LogP contribution in [-0.2, 0) is 24.3 Å². The Morgan fingerprint density at radius 1 is 1.15 bits per heavy atom. The monoisotopic (exact) mass is 362 g/mol. The molecule has 5 heteroatoms. The van der Waals surface area contributed by atoms with Crippen molar-refractivity contribution in [3.05, 3.63) is 66.0 Å². The van der Waals surface area contributed by atoms with Gasteiger partial charge in [-0.3, -0.25) is 9.69 Å². The Morgan fingerprint density at radius 2 is 1.93 bits per heavy atom. The summed E-state index contributed by atoms with van der Waals surface area (Å²) in [7, 11) is 0. The number of fused-ring (bicyclic) bond motifs is 2. The molecule has 0 aliphatic carbocycles. The highest BCUT2D eigenvalue weighted by atomic mass is 16.1. The molecule has 1 aromatic heterocycles. The molecule has 0 spiro atoms. The lowest BCUT2D eigenvalue weighted by atomic mass is 9.99. The van der Waals surface area contributed by atoms with Gasteiger partial charge in [0.05, 0.1) is 17.4 Å². The Kier molecular flexibility index (Phi) is 5.21. The van der Waals surface area contributed by atoms with Crippen LogP contribution in [-0.4, -0.2) is 39.5 Å². The number of imidazole rings is 1. The van der Waals surface area contributed by atoms with E-state index < -0.39 is 0 Å². The van der Waals surface area contributed by atoms with Crippen molar-refractivity contribution in [3.63, 3.8) is 0 Å². The maximum Gasteiger partial charge on any atom is 0.221 e. The van der Waals surface area contributed by atoms with E-state index in [2.05, 4.69) is 46.4 Å². The van der Waals surface area contributed by atoms with Gasteiger partial charge >= 0.3 is 0 Å². The second kappa shape index (κ2) is 7.92. The van der Waals surface area contributed by atoms with E-state index >= 15 is 0 Å². The molecule has 4 rings (SSSR count). The van der Waals surface area contributed by atoms with Crippen LogP contribution in [0.15, 0.2) is 54.9 Å². The summed E-state index contributed by atoms with van der Waals surface area (Å²) in [6, 6.07) is 17.0. The van der Waals surface area contributed by atoms with Gasteiger partial charge < -0.3 is 9.88 Å². The predicted octanol–water partition coefficient (Wildman–Crippen LogP) is 2.99. The average Bonchev–Trinajstić information content (AvgIpc) is 3.13. The standard InChI is InChI=1S/C22H26N4O/c1-17(25-12-10-18-6-2-3-7-19(18)15-25)14-23-22(27)11-13-26-16-24-20-8-4-5-9-21(20)26/h2-9,16-17H,10-15H2,1H3,(H,23,27). The topological polar surface area (TPSA) is 50.2 Å². The molecule has 1 aliphatic heterocycles. The maximum absolute atomic E-state index is 12.3. The molecule has 27 heavy (non-hydrogen) atoms. The van der Waals surface area contributed by atoms with E-state index in [4.69, 9.17) is 0 Å². The number of carbonyl (C=O) groups excluding carboxylic acids is 1. The Balaban J connectivity index is 1.26. The number of rotatable bonds is 6. The fourth-order valence-corrected chi connectivity index (χ4v) is 3.78. The molecular weight excluding hydrogens is 336 g/mol. The first kappa shape index (κ1) is 17.7. The van der Waals surface area contributed by atoms with Gasteiger partial charge in [-0.25, -0.2) is 4.98 Å². The molecule has 1 N–H and O–H groups in total. The molecule has 0 saturated heterocycles. The van der Waals surface area contributed by atoms with Crippen molar-refractivity contribution in [2.75, 3.05) is 13.1 Å². The minimum atomic E-state index is 0.0945. The second-order valence-electron chi connectivity index (χ2n) is 7.32. The minimum Gasteiger partial charge on any atom is -0.354 e. The van der Waals surface area contributed by atoms with E-state index in [-0.39, 0.29) is 5.91 Å². The van der Waals surface area contributed by atoms with E-state index in [9.17, 15) is 4.79 Å². The van der Waals surface area contributed by atoms with Gasteiger partial charge in [0.25, 0.3) is 0 Å². The molecule has 0 fully saturated rings. The van der Waals surface area contributed by atoms with E-state index in [0.717, 1.165) is 30.5 Å².